The number of unbranched alkanes of at least 4 members (excludes halogenated alkanes) is 1. The zero-order chi connectivity index (χ0) is 15.1. The van der Waals surface area contributed by atoms with Gasteiger partial charge in [0.15, 0.2) is 0 Å². The van der Waals surface area contributed by atoms with Gasteiger partial charge in [0.25, 0.3) is 0 Å². The van der Waals surface area contributed by atoms with Crippen LogP contribution in [-0.4, -0.2) is 36.2 Å². The summed E-state index contributed by atoms with van der Waals surface area (Å²) in [5.74, 6) is 3.45. The summed E-state index contributed by atoms with van der Waals surface area (Å²) in [4.78, 5) is 12.0. The maximum Gasteiger partial charge on any atom is 0.325 e. The molecule has 21 heavy (non-hydrogen) atoms. The summed E-state index contributed by atoms with van der Waals surface area (Å²) in [5, 5.41) is 3.47. The second-order valence-corrected chi connectivity index (χ2v) is 8.07. The Labute approximate surface area is 134 Å². The van der Waals surface area contributed by atoms with E-state index in [1.807, 2.05) is 6.92 Å². The van der Waals surface area contributed by atoms with Gasteiger partial charge in [0.05, 0.1) is 7.11 Å². The molecule has 1 atom stereocenters. The lowest BCUT2D eigenvalue weighted by Gasteiger charge is -2.28. The standard InChI is InChI=1S/C17H31NO2S/c1-17(16(19)20-2,18-15-9-10-15)11-5-6-12-21-13-14-7-3-4-8-14/h14-15,18H,3-13H2,1-2H3. The summed E-state index contributed by atoms with van der Waals surface area (Å²) in [6, 6.07) is 0.533. The first-order valence-electron chi connectivity index (χ1n) is 8.58. The van der Waals surface area contributed by atoms with Crippen LogP contribution in [0.3, 0.4) is 0 Å². The molecule has 0 aromatic rings. The largest absolute Gasteiger partial charge is 0.468 e. The van der Waals surface area contributed by atoms with Crippen LogP contribution >= 0.6 is 11.8 Å². The minimum atomic E-state index is -0.480. The van der Waals surface area contributed by atoms with Crippen LogP contribution in [0.15, 0.2) is 0 Å². The Bertz CT molecular complexity index is 327. The molecule has 1 unspecified atom stereocenters. The molecule has 122 valence electrons. The van der Waals surface area contributed by atoms with E-state index in [9.17, 15) is 4.79 Å². The first-order valence-corrected chi connectivity index (χ1v) is 9.73. The number of methoxy groups -OCH3 is 1. The van der Waals surface area contributed by atoms with E-state index in [4.69, 9.17) is 4.74 Å². The molecule has 0 radical (unpaired) electrons. The number of rotatable bonds is 10. The zero-order valence-electron chi connectivity index (χ0n) is 13.7. The lowest BCUT2D eigenvalue weighted by Crippen LogP contribution is -2.51. The third kappa shape index (κ3) is 5.82. The predicted octanol–water partition coefficient (Wildman–Crippen LogP) is 3.76. The highest BCUT2D eigenvalue weighted by molar-refractivity contribution is 7.99. The van der Waals surface area contributed by atoms with Crippen LogP contribution in [0.1, 0.15) is 64.7 Å². The number of esters is 1. The fraction of sp³-hybridized carbons (Fsp3) is 0.941. The third-order valence-corrected chi connectivity index (χ3v) is 6.06. The molecule has 4 heteroatoms. The molecule has 0 spiro atoms. The van der Waals surface area contributed by atoms with Gasteiger partial charge in [0.2, 0.25) is 0 Å². The molecule has 0 amide bonds. The minimum absolute atomic E-state index is 0.104. The predicted molar refractivity (Wildman–Crippen MR) is 89.7 cm³/mol. The van der Waals surface area contributed by atoms with Crippen LogP contribution in [0.5, 0.6) is 0 Å². The number of carbonyl (C=O) groups excluding carboxylic acids is 1. The number of thioether (sulfide) groups is 1. The van der Waals surface area contributed by atoms with Crippen molar-refractivity contribution in [1.29, 1.82) is 0 Å². The van der Waals surface area contributed by atoms with Crippen molar-refractivity contribution in [2.45, 2.75) is 76.3 Å². The fourth-order valence-electron chi connectivity index (χ4n) is 3.25. The Kier molecular flexibility index (Phi) is 6.87. The first-order chi connectivity index (χ1) is 10.1. The average Bonchev–Trinajstić information content (AvgIpc) is 3.13. The highest BCUT2D eigenvalue weighted by Gasteiger charge is 2.38. The lowest BCUT2D eigenvalue weighted by molar-refractivity contribution is -0.148. The molecule has 0 heterocycles. The molecule has 0 aromatic heterocycles. The quantitative estimate of drug-likeness (QED) is 0.492. The van der Waals surface area contributed by atoms with Crippen LogP contribution in [0.4, 0.5) is 0 Å². The molecule has 2 aliphatic carbocycles. The number of ether oxygens (including phenoxy) is 1. The fourth-order valence-corrected chi connectivity index (χ4v) is 4.49. The Balaban J connectivity index is 1.58. The molecule has 2 fully saturated rings. The molecule has 0 saturated heterocycles. The summed E-state index contributed by atoms with van der Waals surface area (Å²) in [6.45, 7) is 2.00. The van der Waals surface area contributed by atoms with E-state index in [1.54, 1.807) is 0 Å². The van der Waals surface area contributed by atoms with Crippen molar-refractivity contribution >= 4 is 17.7 Å². The number of hydrogen-bond donors (Lipinski definition) is 1. The minimum Gasteiger partial charge on any atom is -0.468 e. The summed E-state index contributed by atoms with van der Waals surface area (Å²) in [5.41, 5.74) is -0.480. The molecule has 1 N–H and O–H groups in total. The number of nitrogens with one attached hydrogen (secondary N) is 1. The third-order valence-electron chi connectivity index (χ3n) is 4.78. The van der Waals surface area contributed by atoms with Crippen molar-refractivity contribution in [1.82, 2.24) is 5.32 Å². The Morgan fingerprint density at radius 3 is 2.57 bits per heavy atom. The van der Waals surface area contributed by atoms with Crippen LogP contribution in [0.25, 0.3) is 0 Å². The summed E-state index contributed by atoms with van der Waals surface area (Å²) < 4.78 is 4.98. The van der Waals surface area contributed by atoms with E-state index in [1.165, 1.54) is 63.6 Å². The summed E-state index contributed by atoms with van der Waals surface area (Å²) in [7, 11) is 1.49. The van der Waals surface area contributed by atoms with Crippen molar-refractivity contribution in [3.8, 4) is 0 Å². The van der Waals surface area contributed by atoms with Crippen molar-refractivity contribution in [2.75, 3.05) is 18.6 Å². The van der Waals surface area contributed by atoms with Crippen LogP contribution in [0.2, 0.25) is 0 Å². The highest BCUT2D eigenvalue weighted by atomic mass is 32.2. The van der Waals surface area contributed by atoms with Gasteiger partial charge in [0, 0.05) is 6.04 Å². The molecule has 3 nitrogen and oxygen atoms in total. The van der Waals surface area contributed by atoms with Gasteiger partial charge in [-0.3, -0.25) is 10.1 Å². The van der Waals surface area contributed by atoms with Gasteiger partial charge in [0.1, 0.15) is 5.54 Å². The van der Waals surface area contributed by atoms with E-state index in [2.05, 4.69) is 17.1 Å². The summed E-state index contributed by atoms with van der Waals surface area (Å²) in [6.07, 6.45) is 11.4. The Hall–Kier alpha value is -0.220. The van der Waals surface area contributed by atoms with Gasteiger partial charge in [-0.15, -0.1) is 0 Å². The SMILES string of the molecule is COC(=O)C(C)(CCCCSCC1CCCC1)NC1CC1. The molecular weight excluding hydrogens is 282 g/mol. The van der Waals surface area contributed by atoms with Gasteiger partial charge < -0.3 is 4.74 Å². The zero-order valence-corrected chi connectivity index (χ0v) is 14.5. The molecular formula is C17H31NO2S. The van der Waals surface area contributed by atoms with Crippen molar-refractivity contribution in [3.63, 3.8) is 0 Å². The maximum absolute atomic E-state index is 12.0. The smallest absolute Gasteiger partial charge is 0.325 e. The Morgan fingerprint density at radius 2 is 1.95 bits per heavy atom. The first kappa shape index (κ1) is 17.1. The molecule has 0 aromatic carbocycles. The average molecular weight is 314 g/mol. The Morgan fingerprint density at radius 1 is 1.24 bits per heavy atom. The van der Waals surface area contributed by atoms with Gasteiger partial charge in [-0.05, 0) is 62.9 Å². The molecule has 2 rings (SSSR count). The van der Waals surface area contributed by atoms with Gasteiger partial charge in [-0.1, -0.05) is 19.3 Å². The van der Waals surface area contributed by atoms with Crippen LogP contribution < -0.4 is 5.32 Å². The normalized spacial score (nSPS) is 22.2. The lowest BCUT2D eigenvalue weighted by atomic mass is 9.95. The van der Waals surface area contributed by atoms with Gasteiger partial charge in [-0.2, -0.15) is 11.8 Å². The highest BCUT2D eigenvalue weighted by Crippen LogP contribution is 2.29. The van der Waals surface area contributed by atoms with Crippen molar-refractivity contribution in [3.05, 3.63) is 0 Å². The van der Waals surface area contributed by atoms with Crippen molar-refractivity contribution in [2.24, 2.45) is 5.92 Å². The van der Waals surface area contributed by atoms with Gasteiger partial charge in [-0.25, -0.2) is 0 Å². The van der Waals surface area contributed by atoms with E-state index >= 15 is 0 Å². The second-order valence-electron chi connectivity index (χ2n) is 6.92. The van der Waals surface area contributed by atoms with E-state index < -0.39 is 5.54 Å². The molecule has 0 aliphatic heterocycles. The number of carbonyl (C=O) groups is 1. The molecule has 0 bridgehead atoms. The second kappa shape index (κ2) is 8.42. The topological polar surface area (TPSA) is 38.3 Å². The molecule has 2 aliphatic rings. The van der Waals surface area contributed by atoms with Crippen LogP contribution in [-0.2, 0) is 9.53 Å². The monoisotopic (exact) mass is 313 g/mol. The number of hydrogen-bond acceptors (Lipinski definition) is 4. The molecule has 2 saturated carbocycles. The van der Waals surface area contributed by atoms with E-state index in [-0.39, 0.29) is 5.97 Å². The van der Waals surface area contributed by atoms with E-state index in [0.717, 1.165) is 18.8 Å². The summed E-state index contributed by atoms with van der Waals surface area (Å²) >= 11 is 2.10. The van der Waals surface area contributed by atoms with Crippen LogP contribution in [0, 0.1) is 5.92 Å². The van der Waals surface area contributed by atoms with E-state index in [0.29, 0.717) is 6.04 Å². The van der Waals surface area contributed by atoms with Crippen molar-refractivity contribution < 1.29 is 9.53 Å². The van der Waals surface area contributed by atoms with Gasteiger partial charge >= 0.3 is 5.97 Å². The maximum atomic E-state index is 12.0.